The van der Waals surface area contributed by atoms with Crippen molar-refractivity contribution >= 4 is 52.0 Å². The fourth-order valence-corrected chi connectivity index (χ4v) is 3.68. The second kappa shape index (κ2) is 11.1. The maximum atomic E-state index is 12.4. The van der Waals surface area contributed by atoms with Crippen LogP contribution in [0.15, 0.2) is 70.2 Å². The molecule has 3 aromatic carbocycles. The number of nitro benzene ring substituents is 1. The van der Waals surface area contributed by atoms with Gasteiger partial charge in [-0.3, -0.25) is 14.9 Å². The van der Waals surface area contributed by atoms with Crippen LogP contribution < -0.4 is 14.9 Å². The summed E-state index contributed by atoms with van der Waals surface area (Å²) in [6, 6.07) is 16.0. The Morgan fingerprint density at radius 1 is 1.11 bits per heavy atom. The van der Waals surface area contributed by atoms with Gasteiger partial charge in [-0.05, 0) is 54.4 Å². The quantitative estimate of drug-likeness (QED) is 0.153. The Labute approximate surface area is 215 Å². The number of carbonyl (C=O) groups excluding carboxylic acids is 1. The molecule has 184 valence electrons. The number of fused-ring (bicyclic) bond motifs is 1. The van der Waals surface area contributed by atoms with Crippen molar-refractivity contribution in [3.8, 4) is 11.5 Å². The van der Waals surface area contributed by atoms with Gasteiger partial charge in [-0.25, -0.2) is 5.43 Å². The number of carbonyl (C=O) groups is 1. The Bertz CT molecular complexity index is 1450. The summed E-state index contributed by atoms with van der Waals surface area (Å²) in [5.41, 5.74) is 4.07. The normalized spacial score (nSPS) is 11.1. The number of hydrogen-bond donors (Lipinski definition) is 1. The summed E-state index contributed by atoms with van der Waals surface area (Å²) in [7, 11) is 0. The molecule has 0 aliphatic heterocycles. The molecule has 1 aromatic heterocycles. The third kappa shape index (κ3) is 5.94. The van der Waals surface area contributed by atoms with Crippen molar-refractivity contribution in [1.29, 1.82) is 0 Å². The number of benzene rings is 3. The molecular weight excluding hydrogens is 509 g/mol. The minimum atomic E-state index is -0.621. The van der Waals surface area contributed by atoms with E-state index in [9.17, 15) is 14.9 Å². The summed E-state index contributed by atoms with van der Waals surface area (Å²) >= 11 is 12.4. The molecule has 4 rings (SSSR count). The number of furan rings is 1. The van der Waals surface area contributed by atoms with Gasteiger partial charge in [0.15, 0.2) is 17.3 Å². The second-order valence-electron chi connectivity index (χ2n) is 7.47. The fourth-order valence-electron chi connectivity index (χ4n) is 3.28. The molecule has 0 radical (unpaired) electrons. The van der Waals surface area contributed by atoms with Crippen molar-refractivity contribution in [2.24, 2.45) is 5.10 Å². The van der Waals surface area contributed by atoms with Crippen molar-refractivity contribution in [3.05, 3.63) is 97.7 Å². The van der Waals surface area contributed by atoms with Gasteiger partial charge >= 0.3 is 5.91 Å². The Morgan fingerprint density at radius 3 is 2.61 bits per heavy atom. The molecule has 0 bridgehead atoms. The predicted molar refractivity (Wildman–Crippen MR) is 136 cm³/mol. The van der Waals surface area contributed by atoms with Crippen LogP contribution in [-0.2, 0) is 6.61 Å². The summed E-state index contributed by atoms with van der Waals surface area (Å²) < 4.78 is 17.0. The van der Waals surface area contributed by atoms with E-state index in [0.717, 1.165) is 5.56 Å². The molecule has 0 spiro atoms. The van der Waals surface area contributed by atoms with E-state index in [1.807, 2.05) is 19.1 Å². The van der Waals surface area contributed by atoms with Gasteiger partial charge in [0.05, 0.1) is 22.8 Å². The zero-order valence-electron chi connectivity index (χ0n) is 18.9. The van der Waals surface area contributed by atoms with Gasteiger partial charge in [0, 0.05) is 22.5 Å². The number of rotatable bonds is 9. The first-order valence-corrected chi connectivity index (χ1v) is 11.4. The highest BCUT2D eigenvalue weighted by atomic mass is 35.5. The third-order valence-electron chi connectivity index (χ3n) is 4.94. The standard InChI is InChI=1S/C25H19Cl2N3O6/c1-2-34-22-10-16(9-20(27)24(22)35-14-15-3-5-18(26)6-4-15)13-28-29-25(31)23-12-17-11-19(30(32)33)7-8-21(17)36-23/h3-13H,2,14H2,1H3,(H,29,31)/b28-13+. The van der Waals surface area contributed by atoms with Crippen LogP contribution in [0.25, 0.3) is 11.0 Å². The number of amides is 1. The Morgan fingerprint density at radius 2 is 1.89 bits per heavy atom. The summed E-state index contributed by atoms with van der Waals surface area (Å²) in [6.45, 7) is 2.48. The number of ether oxygens (including phenoxy) is 2. The number of non-ortho nitro benzene ring substituents is 1. The van der Waals surface area contributed by atoms with Crippen LogP contribution in [0, 0.1) is 10.1 Å². The van der Waals surface area contributed by atoms with Gasteiger partial charge in [-0.2, -0.15) is 5.10 Å². The molecule has 0 saturated heterocycles. The van der Waals surface area contributed by atoms with E-state index in [1.165, 1.54) is 30.5 Å². The lowest BCUT2D eigenvalue weighted by Crippen LogP contribution is -2.16. The number of nitrogens with zero attached hydrogens (tertiary/aromatic N) is 2. The Kier molecular flexibility index (Phi) is 7.72. The largest absolute Gasteiger partial charge is 0.490 e. The van der Waals surface area contributed by atoms with E-state index in [2.05, 4.69) is 10.5 Å². The molecule has 0 aliphatic carbocycles. The Hall–Kier alpha value is -4.08. The van der Waals surface area contributed by atoms with E-state index in [4.69, 9.17) is 37.1 Å². The van der Waals surface area contributed by atoms with Crippen LogP contribution in [0.1, 0.15) is 28.6 Å². The first-order valence-electron chi connectivity index (χ1n) is 10.7. The average molecular weight is 528 g/mol. The van der Waals surface area contributed by atoms with Crippen LogP contribution >= 0.6 is 23.2 Å². The molecule has 0 fully saturated rings. The highest BCUT2D eigenvalue weighted by molar-refractivity contribution is 6.32. The highest BCUT2D eigenvalue weighted by Crippen LogP contribution is 2.37. The van der Waals surface area contributed by atoms with Crippen molar-refractivity contribution < 1.29 is 23.6 Å². The second-order valence-corrected chi connectivity index (χ2v) is 8.31. The van der Waals surface area contributed by atoms with Gasteiger partial charge in [0.2, 0.25) is 0 Å². The first kappa shape index (κ1) is 25.0. The molecule has 9 nitrogen and oxygen atoms in total. The lowest BCUT2D eigenvalue weighted by Gasteiger charge is -2.14. The van der Waals surface area contributed by atoms with E-state index in [1.54, 1.807) is 24.3 Å². The third-order valence-corrected chi connectivity index (χ3v) is 5.48. The van der Waals surface area contributed by atoms with Gasteiger partial charge in [-0.15, -0.1) is 0 Å². The summed E-state index contributed by atoms with van der Waals surface area (Å²) in [6.07, 6.45) is 1.39. The topological polar surface area (TPSA) is 116 Å². The molecule has 1 heterocycles. The first-order chi connectivity index (χ1) is 17.3. The van der Waals surface area contributed by atoms with E-state index in [-0.39, 0.29) is 18.1 Å². The number of nitrogens with one attached hydrogen (secondary N) is 1. The van der Waals surface area contributed by atoms with Crippen LogP contribution in [0.5, 0.6) is 11.5 Å². The lowest BCUT2D eigenvalue weighted by molar-refractivity contribution is -0.384. The maximum absolute atomic E-state index is 12.4. The number of halogens is 2. The molecule has 0 atom stereocenters. The number of hydrogen-bond acceptors (Lipinski definition) is 7. The zero-order valence-corrected chi connectivity index (χ0v) is 20.4. The molecule has 4 aromatic rings. The van der Waals surface area contributed by atoms with Crippen molar-refractivity contribution in [2.75, 3.05) is 6.61 Å². The van der Waals surface area contributed by atoms with Crippen molar-refractivity contribution in [3.63, 3.8) is 0 Å². The zero-order chi connectivity index (χ0) is 25.7. The lowest BCUT2D eigenvalue weighted by atomic mass is 10.2. The predicted octanol–water partition coefficient (Wildman–Crippen LogP) is 6.39. The molecule has 0 unspecified atom stereocenters. The monoisotopic (exact) mass is 527 g/mol. The molecule has 0 saturated carbocycles. The minimum absolute atomic E-state index is 0.0402. The van der Waals surface area contributed by atoms with Gasteiger partial charge in [0.1, 0.15) is 12.2 Å². The summed E-state index contributed by atoms with van der Waals surface area (Å²) in [4.78, 5) is 22.8. The average Bonchev–Trinajstić information content (AvgIpc) is 3.28. The molecular formula is C25H19Cl2N3O6. The van der Waals surface area contributed by atoms with Crippen LogP contribution in [0.2, 0.25) is 10.0 Å². The van der Waals surface area contributed by atoms with Crippen molar-refractivity contribution in [2.45, 2.75) is 13.5 Å². The van der Waals surface area contributed by atoms with Crippen LogP contribution in [0.3, 0.4) is 0 Å². The highest BCUT2D eigenvalue weighted by Gasteiger charge is 2.15. The van der Waals surface area contributed by atoms with E-state index < -0.39 is 10.8 Å². The Balaban J connectivity index is 1.46. The van der Waals surface area contributed by atoms with Gasteiger partial charge in [0.25, 0.3) is 5.69 Å². The fraction of sp³-hybridized carbons (Fsp3) is 0.120. The number of hydrazone groups is 1. The SMILES string of the molecule is CCOc1cc(/C=N/NC(=O)c2cc3cc([N+](=O)[O-])ccc3o2)cc(Cl)c1OCc1ccc(Cl)cc1. The molecule has 1 amide bonds. The summed E-state index contributed by atoms with van der Waals surface area (Å²) in [5.74, 6) is 0.141. The maximum Gasteiger partial charge on any atom is 0.307 e. The van der Waals surface area contributed by atoms with Gasteiger partial charge in [-0.1, -0.05) is 35.3 Å². The van der Waals surface area contributed by atoms with Crippen LogP contribution in [0.4, 0.5) is 5.69 Å². The molecule has 0 aliphatic rings. The molecule has 11 heteroatoms. The molecule has 1 N–H and O–H groups in total. The van der Waals surface area contributed by atoms with Gasteiger partial charge < -0.3 is 13.9 Å². The van der Waals surface area contributed by atoms with E-state index in [0.29, 0.717) is 44.7 Å². The molecule has 36 heavy (non-hydrogen) atoms. The summed E-state index contributed by atoms with van der Waals surface area (Å²) in [5, 5.41) is 16.2. The smallest absolute Gasteiger partial charge is 0.307 e. The van der Waals surface area contributed by atoms with E-state index >= 15 is 0 Å². The minimum Gasteiger partial charge on any atom is -0.490 e. The van der Waals surface area contributed by atoms with Crippen molar-refractivity contribution in [1.82, 2.24) is 5.43 Å². The number of nitro groups is 1. The van der Waals surface area contributed by atoms with Crippen LogP contribution in [-0.4, -0.2) is 23.7 Å².